The van der Waals surface area contributed by atoms with Gasteiger partial charge in [-0.25, -0.2) is 4.79 Å². The highest BCUT2D eigenvalue weighted by molar-refractivity contribution is 5.91. The van der Waals surface area contributed by atoms with Crippen LogP contribution in [0.5, 0.6) is 17.2 Å². The molecule has 0 saturated carbocycles. The molecular formula is C35H52O5. The molecular weight excluding hydrogens is 500 g/mol. The normalized spacial score (nSPS) is 11.8. The minimum absolute atomic E-state index is 0.138. The van der Waals surface area contributed by atoms with E-state index >= 15 is 0 Å². The first-order chi connectivity index (χ1) is 19.5. The van der Waals surface area contributed by atoms with Crippen LogP contribution >= 0.6 is 0 Å². The molecule has 0 saturated heterocycles. The molecule has 0 bridgehead atoms. The van der Waals surface area contributed by atoms with E-state index in [1.54, 1.807) is 6.07 Å². The number of hydrogen-bond acceptors (Lipinski definition) is 5. The molecule has 1 aromatic heterocycles. The SMILES string of the molecule is CC/C=C/CCOc1c(OCCCCCCCCCC)c(=O)oc2cccc(OC/C=C(\C)CCC=C(C)C)c12. The highest BCUT2D eigenvalue weighted by Crippen LogP contribution is 2.39. The van der Waals surface area contributed by atoms with Gasteiger partial charge in [0, 0.05) is 0 Å². The Morgan fingerprint density at radius 1 is 0.800 bits per heavy atom. The van der Waals surface area contributed by atoms with Gasteiger partial charge in [0.05, 0.1) is 13.2 Å². The summed E-state index contributed by atoms with van der Waals surface area (Å²) in [6.07, 6.45) is 21.9. The molecule has 0 spiro atoms. The third kappa shape index (κ3) is 12.5. The van der Waals surface area contributed by atoms with Crippen LogP contribution in [-0.2, 0) is 0 Å². The summed E-state index contributed by atoms with van der Waals surface area (Å²) < 4.78 is 24.1. The fraction of sp³-hybridized carbons (Fsp3) is 0.571. The summed E-state index contributed by atoms with van der Waals surface area (Å²) in [6.45, 7) is 12.0. The quantitative estimate of drug-likeness (QED) is 0.0876. The van der Waals surface area contributed by atoms with Gasteiger partial charge in [0.15, 0.2) is 5.75 Å². The first-order valence-electron chi connectivity index (χ1n) is 15.4. The zero-order valence-electron chi connectivity index (χ0n) is 25.7. The number of allylic oxidation sites excluding steroid dienone is 4. The highest BCUT2D eigenvalue weighted by atomic mass is 16.5. The summed E-state index contributed by atoms with van der Waals surface area (Å²) in [4.78, 5) is 13.0. The average molecular weight is 553 g/mol. The van der Waals surface area contributed by atoms with E-state index in [1.807, 2.05) is 12.1 Å². The molecule has 0 radical (unpaired) electrons. The van der Waals surface area contributed by atoms with Crippen LogP contribution in [0, 0.1) is 0 Å². The van der Waals surface area contributed by atoms with Crippen LogP contribution < -0.4 is 19.8 Å². The number of rotatable bonds is 21. The van der Waals surface area contributed by atoms with Gasteiger partial charge in [-0.15, -0.1) is 0 Å². The van der Waals surface area contributed by atoms with Crippen molar-refractivity contribution in [1.82, 2.24) is 0 Å². The Labute approximate surface area is 242 Å². The second-order valence-corrected chi connectivity index (χ2v) is 10.7. The zero-order valence-corrected chi connectivity index (χ0v) is 25.7. The monoisotopic (exact) mass is 552 g/mol. The van der Waals surface area contributed by atoms with Gasteiger partial charge in [0.25, 0.3) is 0 Å². The van der Waals surface area contributed by atoms with Gasteiger partial charge in [0.1, 0.15) is 23.3 Å². The van der Waals surface area contributed by atoms with Gasteiger partial charge in [-0.05, 0) is 71.1 Å². The van der Waals surface area contributed by atoms with Crippen LogP contribution in [-0.4, -0.2) is 19.8 Å². The zero-order chi connectivity index (χ0) is 29.0. The summed E-state index contributed by atoms with van der Waals surface area (Å²) in [6, 6.07) is 5.50. The molecule has 0 aliphatic heterocycles. The van der Waals surface area contributed by atoms with Crippen molar-refractivity contribution in [1.29, 1.82) is 0 Å². The van der Waals surface area contributed by atoms with Crippen LogP contribution in [0.2, 0.25) is 0 Å². The third-order valence-corrected chi connectivity index (χ3v) is 6.75. The first kappa shape index (κ1) is 33.3. The Kier molecular flexibility index (Phi) is 16.6. The van der Waals surface area contributed by atoms with Crippen molar-refractivity contribution < 1.29 is 18.6 Å². The number of ether oxygens (including phenoxy) is 3. The topological polar surface area (TPSA) is 57.9 Å². The largest absolute Gasteiger partial charge is 0.489 e. The molecule has 0 atom stereocenters. The van der Waals surface area contributed by atoms with Crippen molar-refractivity contribution in [2.75, 3.05) is 19.8 Å². The van der Waals surface area contributed by atoms with Gasteiger partial charge in [-0.2, -0.15) is 0 Å². The molecule has 0 unspecified atom stereocenters. The molecule has 0 fully saturated rings. The smallest absolute Gasteiger partial charge is 0.383 e. The molecule has 40 heavy (non-hydrogen) atoms. The van der Waals surface area contributed by atoms with Crippen LogP contribution in [0.15, 0.2) is 62.9 Å². The van der Waals surface area contributed by atoms with Gasteiger partial charge >= 0.3 is 5.63 Å². The molecule has 1 aromatic carbocycles. The Balaban J connectivity index is 2.18. The van der Waals surface area contributed by atoms with E-state index in [2.05, 4.69) is 58.9 Å². The van der Waals surface area contributed by atoms with Crippen molar-refractivity contribution >= 4 is 11.0 Å². The average Bonchev–Trinajstić information content (AvgIpc) is 2.92. The van der Waals surface area contributed by atoms with Crippen LogP contribution in [0.3, 0.4) is 0 Å². The van der Waals surface area contributed by atoms with Crippen LogP contribution in [0.25, 0.3) is 11.0 Å². The summed E-state index contributed by atoms with van der Waals surface area (Å²) in [5.41, 5.74) is 2.53. The molecule has 0 N–H and O–H groups in total. The third-order valence-electron chi connectivity index (χ3n) is 6.75. The number of hydrogen-bond donors (Lipinski definition) is 0. The lowest BCUT2D eigenvalue weighted by molar-refractivity contribution is 0.255. The predicted molar refractivity (Wildman–Crippen MR) is 168 cm³/mol. The molecule has 0 amide bonds. The Hall–Kier alpha value is -2.95. The van der Waals surface area contributed by atoms with Gasteiger partial charge in [-0.3, -0.25) is 0 Å². The van der Waals surface area contributed by atoms with Crippen LogP contribution in [0.4, 0.5) is 0 Å². The minimum Gasteiger partial charge on any atom is -0.489 e. The fourth-order valence-corrected chi connectivity index (χ4v) is 4.44. The summed E-state index contributed by atoms with van der Waals surface area (Å²) in [7, 11) is 0. The van der Waals surface area contributed by atoms with Crippen LogP contribution in [0.1, 0.15) is 112 Å². The van der Waals surface area contributed by atoms with E-state index < -0.39 is 5.63 Å². The Morgan fingerprint density at radius 3 is 2.25 bits per heavy atom. The fourth-order valence-electron chi connectivity index (χ4n) is 4.44. The maximum atomic E-state index is 13.0. The Bertz CT molecular complexity index is 1130. The summed E-state index contributed by atoms with van der Waals surface area (Å²) in [5.74, 6) is 1.17. The summed E-state index contributed by atoms with van der Waals surface area (Å²) in [5, 5.41) is 0.642. The minimum atomic E-state index is -0.515. The molecule has 1 heterocycles. The highest BCUT2D eigenvalue weighted by Gasteiger charge is 2.21. The van der Waals surface area contributed by atoms with E-state index in [0.717, 1.165) is 38.5 Å². The van der Waals surface area contributed by atoms with E-state index in [4.69, 9.17) is 18.6 Å². The second-order valence-electron chi connectivity index (χ2n) is 10.7. The number of fused-ring (bicyclic) bond motifs is 1. The van der Waals surface area contributed by atoms with E-state index in [9.17, 15) is 4.79 Å². The van der Waals surface area contributed by atoms with E-state index in [1.165, 1.54) is 49.7 Å². The van der Waals surface area contributed by atoms with Crippen molar-refractivity contribution in [3.05, 3.63) is 64.1 Å². The molecule has 5 nitrogen and oxygen atoms in total. The molecule has 2 aromatic rings. The van der Waals surface area contributed by atoms with Crippen molar-refractivity contribution in [2.24, 2.45) is 0 Å². The summed E-state index contributed by atoms with van der Waals surface area (Å²) >= 11 is 0. The molecule has 0 aliphatic carbocycles. The predicted octanol–water partition coefficient (Wildman–Crippen LogP) is 10.1. The first-order valence-corrected chi connectivity index (χ1v) is 15.4. The molecule has 0 aliphatic rings. The van der Waals surface area contributed by atoms with Gasteiger partial charge in [0.2, 0.25) is 5.75 Å². The van der Waals surface area contributed by atoms with E-state index in [-0.39, 0.29) is 5.75 Å². The lowest BCUT2D eigenvalue weighted by Gasteiger charge is -2.16. The lowest BCUT2D eigenvalue weighted by atomic mass is 10.1. The maximum absolute atomic E-state index is 13.0. The van der Waals surface area contributed by atoms with Gasteiger partial charge < -0.3 is 18.6 Å². The number of unbranched alkanes of at least 4 members (excludes halogenated alkanes) is 7. The maximum Gasteiger partial charge on any atom is 0.383 e. The lowest BCUT2D eigenvalue weighted by Crippen LogP contribution is -2.12. The Morgan fingerprint density at radius 2 is 1.52 bits per heavy atom. The van der Waals surface area contributed by atoms with Crippen molar-refractivity contribution in [3.8, 4) is 17.2 Å². The second kappa shape index (κ2) is 20.0. The molecule has 5 heteroatoms. The van der Waals surface area contributed by atoms with Gasteiger partial charge in [-0.1, -0.05) is 94.2 Å². The standard InChI is InChI=1S/C35H52O5/c1-6-8-10-12-13-14-15-17-26-39-34-33(38-25-16-11-9-7-2)32-30(22-19-23-31(32)40-35(34)36)37-27-24-29(5)21-18-20-28(3)4/h9,11,19-20,22-24H,6-8,10,12-18,21,25-27H2,1-5H3/b11-9+,29-24+. The van der Waals surface area contributed by atoms with Crippen molar-refractivity contribution in [2.45, 2.75) is 112 Å². The van der Waals surface area contributed by atoms with E-state index in [0.29, 0.717) is 42.3 Å². The number of benzene rings is 1. The molecule has 2 rings (SSSR count). The van der Waals surface area contributed by atoms with Crippen molar-refractivity contribution in [3.63, 3.8) is 0 Å². The molecule has 222 valence electrons.